The zero-order chi connectivity index (χ0) is 17.4. The summed E-state index contributed by atoms with van der Waals surface area (Å²) in [5.41, 5.74) is 5.14. The van der Waals surface area contributed by atoms with Gasteiger partial charge in [0, 0.05) is 6.07 Å². The molecule has 24 heavy (non-hydrogen) atoms. The number of ether oxygens (including phenoxy) is 2. The van der Waals surface area contributed by atoms with Crippen LogP contribution in [0.1, 0.15) is 22.8 Å². The largest absolute Gasteiger partial charge is 0.497 e. The molecule has 2 N–H and O–H groups in total. The van der Waals surface area contributed by atoms with E-state index >= 15 is 0 Å². The first-order valence-electron chi connectivity index (χ1n) is 7.03. The van der Waals surface area contributed by atoms with Gasteiger partial charge in [0.15, 0.2) is 0 Å². The van der Waals surface area contributed by atoms with E-state index in [0.29, 0.717) is 17.1 Å². The molecule has 8 heteroatoms. The molecule has 1 aliphatic rings. The zero-order valence-corrected chi connectivity index (χ0v) is 12.9. The number of nitro groups is 1. The molecule has 0 saturated carbocycles. The summed E-state index contributed by atoms with van der Waals surface area (Å²) in [7, 11) is 1.48. The Morgan fingerprint density at radius 3 is 2.75 bits per heavy atom. The molecule has 8 nitrogen and oxygen atoms in total. The van der Waals surface area contributed by atoms with Gasteiger partial charge in [0.05, 0.1) is 17.6 Å². The van der Waals surface area contributed by atoms with Crippen LogP contribution in [-0.2, 0) is 0 Å². The van der Waals surface area contributed by atoms with Crippen LogP contribution in [0.5, 0.6) is 11.5 Å². The number of fused-ring (bicyclic) bond motifs is 1. The fourth-order valence-corrected chi connectivity index (χ4v) is 2.73. The summed E-state index contributed by atoms with van der Waals surface area (Å²) in [6, 6.07) is 8.11. The second-order valence-electron chi connectivity index (χ2n) is 5.24. The Labute approximate surface area is 136 Å². The van der Waals surface area contributed by atoms with Gasteiger partial charge < -0.3 is 19.6 Å². The van der Waals surface area contributed by atoms with Crippen molar-refractivity contribution in [3.8, 4) is 11.5 Å². The summed E-state index contributed by atoms with van der Waals surface area (Å²) in [6.45, 7) is 1.58. The number of hydrogen-bond donors (Lipinski definition) is 1. The number of methoxy groups -OCH3 is 1. The van der Waals surface area contributed by atoms with E-state index in [4.69, 9.17) is 19.6 Å². The van der Waals surface area contributed by atoms with Crippen molar-refractivity contribution >= 4 is 0 Å². The van der Waals surface area contributed by atoms with Gasteiger partial charge in [-0.2, -0.15) is 0 Å². The third-order valence-electron chi connectivity index (χ3n) is 3.73. The Balaban J connectivity index is 2.31. The summed E-state index contributed by atoms with van der Waals surface area (Å²) in [6.07, 6.45) is 0. The van der Waals surface area contributed by atoms with E-state index in [0.717, 1.165) is 0 Å². The van der Waals surface area contributed by atoms with Gasteiger partial charge in [0.25, 0.3) is 5.88 Å². The number of hydrogen-bond acceptors (Lipinski definition) is 7. The lowest BCUT2D eigenvalue weighted by Crippen LogP contribution is -2.29. The lowest BCUT2D eigenvalue weighted by molar-refractivity contribution is -0.432. The maximum atomic E-state index is 12.3. The average Bonchev–Trinajstić information content (AvgIpc) is 2.52. The molecule has 0 fully saturated rings. The van der Waals surface area contributed by atoms with Crippen LogP contribution in [0.25, 0.3) is 0 Å². The van der Waals surface area contributed by atoms with Crippen LogP contribution in [0.2, 0.25) is 0 Å². The highest BCUT2D eigenvalue weighted by atomic mass is 16.6. The van der Waals surface area contributed by atoms with Gasteiger partial charge in [-0.1, -0.05) is 12.1 Å². The highest BCUT2D eigenvalue weighted by molar-refractivity contribution is 5.50. The van der Waals surface area contributed by atoms with Crippen LogP contribution >= 0.6 is 0 Å². The van der Waals surface area contributed by atoms with Crippen molar-refractivity contribution < 1.29 is 18.8 Å². The molecule has 0 aliphatic carbocycles. The number of aryl methyl sites for hydroxylation is 1. The monoisotopic (exact) mass is 330 g/mol. The molecule has 0 radical (unpaired) electrons. The van der Waals surface area contributed by atoms with Gasteiger partial charge in [-0.3, -0.25) is 10.1 Å². The van der Waals surface area contributed by atoms with E-state index < -0.39 is 22.2 Å². The molecular weight excluding hydrogens is 316 g/mol. The number of allylic oxidation sites excluding steroid dienone is 1. The molecule has 0 spiro atoms. The van der Waals surface area contributed by atoms with Crippen molar-refractivity contribution in [2.24, 2.45) is 5.73 Å². The van der Waals surface area contributed by atoms with E-state index in [1.54, 1.807) is 31.2 Å². The number of rotatable bonds is 3. The Morgan fingerprint density at radius 1 is 1.33 bits per heavy atom. The standard InChI is InChI=1S/C16H14N2O6/c1-8-6-11-13(16(19)23-8)12(14(18(20)21)15(17)24-11)9-4-3-5-10(7-9)22-2/h3-7,12H,17H2,1-2H3/t12-/m0/s1. The smallest absolute Gasteiger partial charge is 0.344 e. The lowest BCUT2D eigenvalue weighted by atomic mass is 9.87. The van der Waals surface area contributed by atoms with Crippen LogP contribution < -0.4 is 20.8 Å². The summed E-state index contributed by atoms with van der Waals surface area (Å²) in [5.74, 6) is -0.403. The van der Waals surface area contributed by atoms with E-state index in [1.807, 2.05) is 0 Å². The fraction of sp³-hybridized carbons (Fsp3) is 0.188. The average molecular weight is 330 g/mol. The van der Waals surface area contributed by atoms with Crippen molar-refractivity contribution in [3.63, 3.8) is 0 Å². The molecule has 1 aliphatic heterocycles. The van der Waals surface area contributed by atoms with Crippen molar-refractivity contribution in [1.29, 1.82) is 0 Å². The third-order valence-corrected chi connectivity index (χ3v) is 3.73. The van der Waals surface area contributed by atoms with Gasteiger partial charge in [0.2, 0.25) is 0 Å². The molecule has 0 saturated heterocycles. The maximum Gasteiger partial charge on any atom is 0.344 e. The van der Waals surface area contributed by atoms with Crippen LogP contribution in [-0.4, -0.2) is 12.0 Å². The highest BCUT2D eigenvalue weighted by Crippen LogP contribution is 2.41. The predicted octanol–water partition coefficient (Wildman–Crippen LogP) is 1.89. The van der Waals surface area contributed by atoms with Crippen molar-refractivity contribution in [2.75, 3.05) is 7.11 Å². The third kappa shape index (κ3) is 2.47. The summed E-state index contributed by atoms with van der Waals surface area (Å²) < 4.78 is 15.6. The quantitative estimate of drug-likeness (QED) is 0.674. The molecule has 0 unspecified atom stereocenters. The summed E-state index contributed by atoms with van der Waals surface area (Å²) in [5, 5.41) is 11.5. The normalized spacial score (nSPS) is 16.3. The molecule has 1 aromatic heterocycles. The highest BCUT2D eigenvalue weighted by Gasteiger charge is 2.41. The lowest BCUT2D eigenvalue weighted by Gasteiger charge is -2.23. The van der Waals surface area contributed by atoms with E-state index in [2.05, 4.69) is 0 Å². The van der Waals surface area contributed by atoms with E-state index in [9.17, 15) is 14.9 Å². The molecule has 1 atom stereocenters. The van der Waals surface area contributed by atoms with Gasteiger partial charge in [0.1, 0.15) is 23.2 Å². The first-order chi connectivity index (χ1) is 11.4. The zero-order valence-electron chi connectivity index (χ0n) is 12.9. The van der Waals surface area contributed by atoms with Gasteiger partial charge in [-0.15, -0.1) is 0 Å². The number of nitrogens with two attached hydrogens (primary N) is 1. The first kappa shape index (κ1) is 15.6. The topological polar surface area (TPSA) is 118 Å². The molecule has 3 rings (SSSR count). The molecule has 0 amide bonds. The molecular formula is C16H14N2O6. The fourth-order valence-electron chi connectivity index (χ4n) is 2.73. The molecule has 124 valence electrons. The first-order valence-corrected chi connectivity index (χ1v) is 7.03. The van der Waals surface area contributed by atoms with Crippen LogP contribution in [0.4, 0.5) is 0 Å². The van der Waals surface area contributed by atoms with E-state index in [-0.39, 0.29) is 17.2 Å². The SMILES string of the molecule is COc1cccc([C@@H]2C([N+](=O)[O-])=C(N)Oc3cc(C)oc(=O)c32)c1. The van der Waals surface area contributed by atoms with Crippen LogP contribution in [0, 0.1) is 17.0 Å². The number of nitrogens with zero attached hydrogens (tertiary/aromatic N) is 1. The van der Waals surface area contributed by atoms with Gasteiger partial charge in [-0.25, -0.2) is 4.79 Å². The Hall–Kier alpha value is -3.29. The summed E-state index contributed by atoms with van der Waals surface area (Å²) in [4.78, 5) is 23.2. The predicted molar refractivity (Wildman–Crippen MR) is 83.4 cm³/mol. The Bertz CT molecular complexity index is 915. The molecule has 2 heterocycles. The maximum absolute atomic E-state index is 12.3. The summed E-state index contributed by atoms with van der Waals surface area (Å²) >= 11 is 0. The molecule has 2 aromatic rings. The molecule has 0 bridgehead atoms. The minimum atomic E-state index is -1.02. The minimum Gasteiger partial charge on any atom is -0.497 e. The molecule has 1 aromatic carbocycles. The second-order valence-corrected chi connectivity index (χ2v) is 5.24. The van der Waals surface area contributed by atoms with Crippen LogP contribution in [0.3, 0.4) is 0 Å². The van der Waals surface area contributed by atoms with Crippen molar-refractivity contribution in [1.82, 2.24) is 0 Å². The van der Waals surface area contributed by atoms with Gasteiger partial charge in [-0.05, 0) is 24.6 Å². The number of benzene rings is 1. The second kappa shape index (κ2) is 5.73. The Morgan fingerprint density at radius 2 is 2.08 bits per heavy atom. The van der Waals surface area contributed by atoms with Gasteiger partial charge >= 0.3 is 11.3 Å². The van der Waals surface area contributed by atoms with Crippen molar-refractivity contribution in [3.05, 3.63) is 79.3 Å². The minimum absolute atomic E-state index is 0.0368. The van der Waals surface area contributed by atoms with Crippen LogP contribution in [0.15, 0.2) is 51.1 Å². The Kier molecular flexibility index (Phi) is 3.72. The van der Waals surface area contributed by atoms with Crippen molar-refractivity contribution in [2.45, 2.75) is 12.8 Å². The van der Waals surface area contributed by atoms with E-state index in [1.165, 1.54) is 13.2 Å².